The van der Waals surface area contributed by atoms with Gasteiger partial charge in [-0.15, -0.1) is 4.40 Å². The molecule has 0 radical (unpaired) electrons. The summed E-state index contributed by atoms with van der Waals surface area (Å²) in [4.78, 5) is 0.200. The molecule has 0 fully saturated rings. The van der Waals surface area contributed by atoms with Crippen LogP contribution >= 0.6 is 0 Å². The zero-order chi connectivity index (χ0) is 15.7. The Morgan fingerprint density at radius 2 is 1.59 bits per heavy atom. The monoisotopic (exact) mass is 312 g/mol. The van der Waals surface area contributed by atoms with Crippen LogP contribution in [0, 0.1) is 6.92 Å². The topological polar surface area (TPSA) is 51.4 Å². The molecule has 5 heteroatoms. The molecule has 3 aromatic rings. The molecule has 0 bridgehead atoms. The first-order valence-electron chi connectivity index (χ1n) is 6.90. The van der Waals surface area contributed by atoms with E-state index >= 15 is 0 Å². The van der Waals surface area contributed by atoms with Crippen molar-refractivity contribution in [2.45, 2.75) is 11.8 Å². The van der Waals surface area contributed by atoms with E-state index in [0.29, 0.717) is 5.49 Å². The molecule has 0 aliphatic heterocycles. The van der Waals surface area contributed by atoms with Crippen molar-refractivity contribution in [3.05, 3.63) is 71.7 Å². The summed E-state index contributed by atoms with van der Waals surface area (Å²) in [7, 11) is -1.91. The second-order valence-electron chi connectivity index (χ2n) is 5.19. The van der Waals surface area contributed by atoms with Gasteiger partial charge in [0.1, 0.15) is 5.49 Å². The molecule has 2 aromatic carbocycles. The molecule has 112 valence electrons. The Kier molecular flexibility index (Phi) is 3.58. The highest BCUT2D eigenvalue weighted by Gasteiger charge is 2.12. The smallest absolute Gasteiger partial charge is 0.284 e. The molecule has 0 unspecified atom stereocenters. The van der Waals surface area contributed by atoms with Crippen LogP contribution in [0.25, 0.3) is 10.9 Å². The minimum absolute atomic E-state index is 0.200. The fraction of sp³-hybridized carbons (Fsp3) is 0.118. The molecule has 0 saturated carbocycles. The van der Waals surface area contributed by atoms with Gasteiger partial charge in [-0.3, -0.25) is 0 Å². The molecule has 0 aliphatic rings. The number of aromatic nitrogens is 1. The average molecular weight is 312 g/mol. The number of fused-ring (bicyclic) bond motifs is 1. The van der Waals surface area contributed by atoms with Gasteiger partial charge in [-0.25, -0.2) is 0 Å². The van der Waals surface area contributed by atoms with Crippen LogP contribution in [-0.4, -0.2) is 13.0 Å². The van der Waals surface area contributed by atoms with E-state index in [1.807, 2.05) is 44.3 Å². The van der Waals surface area contributed by atoms with Crippen LogP contribution in [0.3, 0.4) is 0 Å². The van der Waals surface area contributed by atoms with Crippen LogP contribution in [0.5, 0.6) is 0 Å². The fourth-order valence-corrected chi connectivity index (χ4v) is 3.33. The van der Waals surface area contributed by atoms with Crippen molar-refractivity contribution in [2.24, 2.45) is 11.4 Å². The van der Waals surface area contributed by atoms with Crippen molar-refractivity contribution < 1.29 is 8.42 Å². The van der Waals surface area contributed by atoms with Gasteiger partial charge in [-0.1, -0.05) is 35.9 Å². The Bertz CT molecular complexity index is 1000. The number of rotatable bonds is 2. The lowest BCUT2D eigenvalue weighted by Crippen LogP contribution is -2.19. The lowest BCUT2D eigenvalue weighted by atomic mass is 10.2. The standard InChI is InChI=1S/C17H16N2O2S/c1-13-7-10-15(11-8-13)22(20,21)18-17-12-9-14-5-3-4-6-16(14)19(17)2/h3-12H,1-2H3/b18-17+. The zero-order valence-electron chi connectivity index (χ0n) is 12.4. The Morgan fingerprint density at radius 1 is 0.909 bits per heavy atom. The quantitative estimate of drug-likeness (QED) is 0.730. The van der Waals surface area contributed by atoms with Crippen LogP contribution in [0.4, 0.5) is 0 Å². The van der Waals surface area contributed by atoms with Gasteiger partial charge in [0, 0.05) is 12.6 Å². The van der Waals surface area contributed by atoms with Gasteiger partial charge in [0.2, 0.25) is 0 Å². The molecule has 3 rings (SSSR count). The molecule has 22 heavy (non-hydrogen) atoms. The number of benzene rings is 2. The number of pyridine rings is 1. The normalized spacial score (nSPS) is 12.7. The summed E-state index contributed by atoms with van der Waals surface area (Å²) in [6.45, 7) is 1.91. The Morgan fingerprint density at radius 3 is 2.32 bits per heavy atom. The van der Waals surface area contributed by atoms with Crippen molar-refractivity contribution in [1.82, 2.24) is 4.57 Å². The van der Waals surface area contributed by atoms with E-state index in [-0.39, 0.29) is 4.90 Å². The second-order valence-corrected chi connectivity index (χ2v) is 6.79. The van der Waals surface area contributed by atoms with E-state index < -0.39 is 10.0 Å². The van der Waals surface area contributed by atoms with Gasteiger partial charge in [-0.05, 0) is 42.6 Å². The largest absolute Gasteiger partial charge is 0.328 e. The van der Waals surface area contributed by atoms with Gasteiger partial charge in [0.05, 0.1) is 4.90 Å². The van der Waals surface area contributed by atoms with Crippen LogP contribution in [0.1, 0.15) is 5.56 Å². The summed E-state index contributed by atoms with van der Waals surface area (Å²) in [5, 5.41) is 1.04. The molecule has 1 heterocycles. The van der Waals surface area contributed by atoms with E-state index in [4.69, 9.17) is 0 Å². The lowest BCUT2D eigenvalue weighted by Gasteiger charge is -2.06. The molecule has 4 nitrogen and oxygen atoms in total. The minimum atomic E-state index is -3.72. The highest BCUT2D eigenvalue weighted by molar-refractivity contribution is 7.90. The number of hydrogen-bond acceptors (Lipinski definition) is 2. The third-order valence-electron chi connectivity index (χ3n) is 3.59. The molecule has 0 N–H and O–H groups in total. The van der Waals surface area contributed by atoms with E-state index in [2.05, 4.69) is 4.40 Å². The molecular formula is C17H16N2O2S. The second kappa shape index (κ2) is 5.42. The van der Waals surface area contributed by atoms with Gasteiger partial charge < -0.3 is 4.57 Å². The molecule has 0 aliphatic carbocycles. The summed E-state index contributed by atoms with van der Waals surface area (Å²) < 4.78 is 30.6. The molecule has 0 atom stereocenters. The van der Waals surface area contributed by atoms with Crippen LogP contribution in [-0.2, 0) is 17.1 Å². The highest BCUT2D eigenvalue weighted by Crippen LogP contribution is 2.13. The molecule has 1 aromatic heterocycles. The third-order valence-corrected chi connectivity index (χ3v) is 4.88. The summed E-state index contributed by atoms with van der Waals surface area (Å²) in [6.07, 6.45) is 0. The van der Waals surface area contributed by atoms with Crippen LogP contribution < -0.4 is 5.49 Å². The molecule has 0 amide bonds. The summed E-state index contributed by atoms with van der Waals surface area (Å²) in [5.74, 6) is 0. The van der Waals surface area contributed by atoms with Crippen molar-refractivity contribution in [1.29, 1.82) is 0 Å². The number of aryl methyl sites for hydroxylation is 2. The molecule has 0 saturated heterocycles. The van der Waals surface area contributed by atoms with E-state index in [1.54, 1.807) is 34.9 Å². The first kappa shape index (κ1) is 14.5. The minimum Gasteiger partial charge on any atom is -0.328 e. The van der Waals surface area contributed by atoms with E-state index in [1.165, 1.54) is 0 Å². The van der Waals surface area contributed by atoms with E-state index in [0.717, 1.165) is 16.5 Å². The Balaban J connectivity index is 2.19. The van der Waals surface area contributed by atoms with Crippen LogP contribution in [0.15, 0.2) is 70.0 Å². The zero-order valence-corrected chi connectivity index (χ0v) is 13.2. The SMILES string of the molecule is Cc1ccc(S(=O)(=O)/N=c2\ccc3ccccc3n2C)cc1. The van der Waals surface area contributed by atoms with Crippen molar-refractivity contribution in [3.8, 4) is 0 Å². The number of nitrogens with zero attached hydrogens (tertiary/aromatic N) is 2. The van der Waals surface area contributed by atoms with Crippen molar-refractivity contribution in [2.75, 3.05) is 0 Å². The van der Waals surface area contributed by atoms with E-state index in [9.17, 15) is 8.42 Å². The Hall–Kier alpha value is -2.40. The summed E-state index contributed by atoms with van der Waals surface area (Å²) in [5.41, 5.74) is 2.34. The first-order valence-corrected chi connectivity index (χ1v) is 8.34. The van der Waals surface area contributed by atoms with Gasteiger partial charge in [-0.2, -0.15) is 8.42 Å². The number of hydrogen-bond donors (Lipinski definition) is 0. The summed E-state index contributed by atoms with van der Waals surface area (Å²) in [6, 6.07) is 18.1. The first-order chi connectivity index (χ1) is 10.5. The van der Waals surface area contributed by atoms with Crippen molar-refractivity contribution in [3.63, 3.8) is 0 Å². The van der Waals surface area contributed by atoms with Gasteiger partial charge in [0.25, 0.3) is 10.0 Å². The predicted octanol–water partition coefficient (Wildman–Crippen LogP) is 2.78. The predicted molar refractivity (Wildman–Crippen MR) is 86.8 cm³/mol. The fourth-order valence-electron chi connectivity index (χ4n) is 2.31. The van der Waals surface area contributed by atoms with Gasteiger partial charge in [0.15, 0.2) is 0 Å². The van der Waals surface area contributed by atoms with Crippen LogP contribution in [0.2, 0.25) is 0 Å². The van der Waals surface area contributed by atoms with Crippen molar-refractivity contribution >= 4 is 20.9 Å². The summed E-state index contributed by atoms with van der Waals surface area (Å²) >= 11 is 0. The average Bonchev–Trinajstić information content (AvgIpc) is 2.51. The lowest BCUT2D eigenvalue weighted by molar-refractivity contribution is 0.595. The third kappa shape index (κ3) is 2.67. The molecule has 0 spiro atoms. The highest BCUT2D eigenvalue weighted by atomic mass is 32.2. The maximum atomic E-state index is 12.4. The number of sulfonamides is 1. The van der Waals surface area contributed by atoms with Gasteiger partial charge >= 0.3 is 0 Å². The molecular weight excluding hydrogens is 296 g/mol. The Labute approximate surface area is 129 Å². The maximum Gasteiger partial charge on any atom is 0.284 e. The number of para-hydroxylation sites is 1. The maximum absolute atomic E-state index is 12.4.